The van der Waals surface area contributed by atoms with Gasteiger partial charge in [0.1, 0.15) is 0 Å². The molecule has 0 aliphatic heterocycles. The van der Waals surface area contributed by atoms with Crippen molar-refractivity contribution >= 4 is 0 Å². The first-order valence-electron chi connectivity index (χ1n) is 7.48. The minimum atomic E-state index is 0.418. The molecule has 0 bridgehead atoms. The standard InChI is InChI=1S/C17H27N/c1-4-10-18-13-17(11-15(5-2)12-17)16-9-7-6-8-14(16)3/h6-9,15,18H,4-5,10-13H2,1-3H3. The van der Waals surface area contributed by atoms with E-state index in [1.807, 2.05) is 0 Å². The Morgan fingerprint density at radius 2 is 1.94 bits per heavy atom. The highest BCUT2D eigenvalue weighted by Gasteiger charge is 2.44. The fourth-order valence-electron chi connectivity index (χ4n) is 3.47. The van der Waals surface area contributed by atoms with E-state index in [1.54, 1.807) is 5.56 Å². The third kappa shape index (κ3) is 2.61. The monoisotopic (exact) mass is 245 g/mol. The molecule has 1 N–H and O–H groups in total. The molecule has 0 unspecified atom stereocenters. The molecule has 1 aliphatic carbocycles. The fraction of sp³-hybridized carbons (Fsp3) is 0.647. The Morgan fingerprint density at radius 1 is 1.22 bits per heavy atom. The molecular formula is C17H27N. The van der Waals surface area contributed by atoms with E-state index in [0.29, 0.717) is 5.41 Å². The van der Waals surface area contributed by atoms with E-state index in [4.69, 9.17) is 0 Å². The smallest absolute Gasteiger partial charge is 0.00856 e. The van der Waals surface area contributed by atoms with Crippen LogP contribution in [0.1, 0.15) is 50.7 Å². The number of rotatable bonds is 6. The molecule has 0 heterocycles. The fourth-order valence-corrected chi connectivity index (χ4v) is 3.47. The van der Waals surface area contributed by atoms with Crippen molar-refractivity contribution in [3.63, 3.8) is 0 Å². The van der Waals surface area contributed by atoms with E-state index in [2.05, 4.69) is 50.4 Å². The van der Waals surface area contributed by atoms with Crippen molar-refractivity contribution in [2.45, 2.75) is 51.9 Å². The Labute approximate surface area is 112 Å². The molecule has 1 aromatic carbocycles. The van der Waals surface area contributed by atoms with Crippen molar-refractivity contribution in [3.8, 4) is 0 Å². The Morgan fingerprint density at radius 3 is 2.56 bits per heavy atom. The van der Waals surface area contributed by atoms with Crippen LogP contribution in [-0.4, -0.2) is 13.1 Å². The molecule has 0 saturated heterocycles. The lowest BCUT2D eigenvalue weighted by atomic mass is 9.57. The van der Waals surface area contributed by atoms with Gasteiger partial charge in [-0.15, -0.1) is 0 Å². The lowest BCUT2D eigenvalue weighted by Gasteiger charge is -2.49. The largest absolute Gasteiger partial charge is 0.316 e. The van der Waals surface area contributed by atoms with Gasteiger partial charge >= 0.3 is 0 Å². The Kier molecular flexibility index (Phi) is 4.45. The lowest BCUT2D eigenvalue weighted by Crippen LogP contribution is -2.49. The van der Waals surface area contributed by atoms with Crippen LogP contribution in [-0.2, 0) is 5.41 Å². The lowest BCUT2D eigenvalue weighted by molar-refractivity contribution is 0.133. The minimum absolute atomic E-state index is 0.418. The van der Waals surface area contributed by atoms with Crippen molar-refractivity contribution in [1.29, 1.82) is 0 Å². The van der Waals surface area contributed by atoms with Crippen molar-refractivity contribution in [1.82, 2.24) is 5.32 Å². The van der Waals surface area contributed by atoms with Crippen molar-refractivity contribution < 1.29 is 0 Å². The van der Waals surface area contributed by atoms with Gasteiger partial charge in [-0.05, 0) is 49.8 Å². The second kappa shape index (κ2) is 5.88. The maximum Gasteiger partial charge on any atom is 0.00856 e. The van der Waals surface area contributed by atoms with Gasteiger partial charge in [0.05, 0.1) is 0 Å². The van der Waals surface area contributed by atoms with Crippen LogP contribution in [0.15, 0.2) is 24.3 Å². The Hall–Kier alpha value is -0.820. The maximum atomic E-state index is 3.65. The molecule has 0 aromatic heterocycles. The van der Waals surface area contributed by atoms with Gasteiger partial charge in [-0.3, -0.25) is 0 Å². The predicted octanol–water partition coefficient (Wildman–Crippen LogP) is 4.05. The number of benzene rings is 1. The van der Waals surface area contributed by atoms with Gasteiger partial charge in [0.25, 0.3) is 0 Å². The van der Waals surface area contributed by atoms with Gasteiger partial charge in [-0.2, -0.15) is 0 Å². The quantitative estimate of drug-likeness (QED) is 0.745. The minimum Gasteiger partial charge on any atom is -0.316 e. The summed E-state index contributed by atoms with van der Waals surface area (Å²) in [6.45, 7) is 9.12. The molecule has 1 saturated carbocycles. The molecule has 2 rings (SSSR count). The van der Waals surface area contributed by atoms with Crippen LogP contribution >= 0.6 is 0 Å². The molecule has 0 atom stereocenters. The summed E-state index contributed by atoms with van der Waals surface area (Å²) in [6.07, 6.45) is 5.29. The molecule has 0 amide bonds. The Balaban J connectivity index is 2.13. The van der Waals surface area contributed by atoms with Gasteiger partial charge in [0.15, 0.2) is 0 Å². The summed E-state index contributed by atoms with van der Waals surface area (Å²) >= 11 is 0. The van der Waals surface area contributed by atoms with Gasteiger partial charge in [-0.25, -0.2) is 0 Å². The normalized spacial score (nSPS) is 26.9. The highest BCUT2D eigenvalue weighted by Crippen LogP contribution is 2.49. The summed E-state index contributed by atoms with van der Waals surface area (Å²) < 4.78 is 0. The summed E-state index contributed by atoms with van der Waals surface area (Å²) in [6, 6.07) is 8.95. The van der Waals surface area contributed by atoms with Crippen molar-refractivity contribution in [2.75, 3.05) is 13.1 Å². The number of hydrogen-bond acceptors (Lipinski definition) is 1. The predicted molar refractivity (Wildman–Crippen MR) is 79.0 cm³/mol. The van der Waals surface area contributed by atoms with Crippen LogP contribution in [0.5, 0.6) is 0 Å². The zero-order valence-corrected chi connectivity index (χ0v) is 12.1. The molecule has 18 heavy (non-hydrogen) atoms. The molecule has 1 nitrogen and oxygen atoms in total. The summed E-state index contributed by atoms with van der Waals surface area (Å²) in [7, 11) is 0. The van der Waals surface area contributed by atoms with Gasteiger partial charge in [-0.1, -0.05) is 44.5 Å². The van der Waals surface area contributed by atoms with E-state index in [0.717, 1.165) is 19.0 Å². The van der Waals surface area contributed by atoms with Crippen LogP contribution < -0.4 is 5.32 Å². The van der Waals surface area contributed by atoms with Crippen molar-refractivity contribution in [2.24, 2.45) is 5.92 Å². The first-order valence-corrected chi connectivity index (χ1v) is 7.48. The summed E-state index contributed by atoms with van der Waals surface area (Å²) in [5.74, 6) is 0.938. The molecule has 100 valence electrons. The zero-order chi connectivity index (χ0) is 13.0. The molecular weight excluding hydrogens is 218 g/mol. The summed E-state index contributed by atoms with van der Waals surface area (Å²) in [5.41, 5.74) is 3.46. The van der Waals surface area contributed by atoms with E-state index < -0.39 is 0 Å². The molecule has 1 fully saturated rings. The van der Waals surface area contributed by atoms with Crippen LogP contribution in [0.25, 0.3) is 0 Å². The van der Waals surface area contributed by atoms with E-state index in [9.17, 15) is 0 Å². The number of aryl methyl sites for hydroxylation is 1. The third-order valence-electron chi connectivity index (χ3n) is 4.54. The van der Waals surface area contributed by atoms with E-state index in [1.165, 1.54) is 31.2 Å². The first-order chi connectivity index (χ1) is 8.72. The first kappa shape index (κ1) is 13.6. The van der Waals surface area contributed by atoms with Crippen LogP contribution in [0.3, 0.4) is 0 Å². The molecule has 1 aromatic rings. The third-order valence-corrected chi connectivity index (χ3v) is 4.54. The number of hydrogen-bond donors (Lipinski definition) is 1. The SMILES string of the molecule is CCCNCC1(c2ccccc2C)CC(CC)C1. The Bertz CT molecular complexity index is 377. The maximum absolute atomic E-state index is 3.65. The molecule has 0 spiro atoms. The highest BCUT2D eigenvalue weighted by molar-refractivity contribution is 5.36. The average molecular weight is 245 g/mol. The average Bonchev–Trinajstić information content (AvgIpc) is 2.33. The van der Waals surface area contributed by atoms with Crippen molar-refractivity contribution in [3.05, 3.63) is 35.4 Å². The molecule has 1 heteroatoms. The van der Waals surface area contributed by atoms with Crippen LogP contribution in [0, 0.1) is 12.8 Å². The molecule has 1 aliphatic rings. The highest BCUT2D eigenvalue weighted by atomic mass is 14.9. The topological polar surface area (TPSA) is 12.0 Å². The second-order valence-electron chi connectivity index (χ2n) is 5.95. The van der Waals surface area contributed by atoms with E-state index >= 15 is 0 Å². The summed E-state index contributed by atoms with van der Waals surface area (Å²) in [5, 5.41) is 3.65. The summed E-state index contributed by atoms with van der Waals surface area (Å²) in [4.78, 5) is 0. The van der Waals surface area contributed by atoms with E-state index in [-0.39, 0.29) is 0 Å². The van der Waals surface area contributed by atoms with Crippen LogP contribution in [0.4, 0.5) is 0 Å². The second-order valence-corrected chi connectivity index (χ2v) is 5.95. The zero-order valence-electron chi connectivity index (χ0n) is 12.1. The van der Waals surface area contributed by atoms with Gasteiger partial charge < -0.3 is 5.32 Å². The number of nitrogens with one attached hydrogen (secondary N) is 1. The van der Waals surface area contributed by atoms with Crippen LogP contribution in [0.2, 0.25) is 0 Å². The van der Waals surface area contributed by atoms with Gasteiger partial charge in [0, 0.05) is 12.0 Å². The van der Waals surface area contributed by atoms with Gasteiger partial charge in [0.2, 0.25) is 0 Å². The molecule has 0 radical (unpaired) electrons.